The van der Waals surface area contributed by atoms with Crippen molar-refractivity contribution in [3.05, 3.63) is 24.4 Å². The van der Waals surface area contributed by atoms with Gasteiger partial charge in [0, 0.05) is 32.4 Å². The van der Waals surface area contributed by atoms with Crippen LogP contribution < -0.4 is 4.90 Å². The minimum atomic E-state index is -3.17. The maximum atomic E-state index is 12.4. The molecule has 2 fully saturated rings. The third-order valence-electron chi connectivity index (χ3n) is 4.58. The van der Waals surface area contributed by atoms with Crippen LogP contribution in [0.3, 0.4) is 0 Å². The van der Waals surface area contributed by atoms with Crippen molar-refractivity contribution in [1.82, 2.24) is 9.29 Å². The molecule has 128 valence electrons. The summed E-state index contributed by atoms with van der Waals surface area (Å²) in [5, 5.41) is 0. The van der Waals surface area contributed by atoms with Gasteiger partial charge >= 0.3 is 0 Å². The average Bonchev–Trinajstić information content (AvgIpc) is 2.56. The van der Waals surface area contributed by atoms with Gasteiger partial charge in [-0.05, 0) is 31.4 Å². The van der Waals surface area contributed by atoms with Crippen molar-refractivity contribution in [3.63, 3.8) is 0 Å². The zero-order valence-electron chi connectivity index (χ0n) is 13.6. The lowest BCUT2D eigenvalue weighted by Gasteiger charge is -2.47. The molecule has 0 amide bonds. The highest BCUT2D eigenvalue weighted by atomic mass is 32.2. The van der Waals surface area contributed by atoms with Crippen molar-refractivity contribution in [2.45, 2.75) is 31.8 Å². The summed E-state index contributed by atoms with van der Waals surface area (Å²) in [5.74, 6) is 1.15. The molecule has 0 aromatic carbocycles. The fourth-order valence-electron chi connectivity index (χ4n) is 3.52. The van der Waals surface area contributed by atoms with Gasteiger partial charge in [-0.1, -0.05) is 13.0 Å². The third-order valence-corrected chi connectivity index (χ3v) is 6.60. The van der Waals surface area contributed by atoms with Crippen LogP contribution in [-0.2, 0) is 14.8 Å². The molecule has 0 N–H and O–H groups in total. The van der Waals surface area contributed by atoms with Crippen LogP contribution in [0.25, 0.3) is 0 Å². The van der Waals surface area contributed by atoms with Crippen LogP contribution in [0.2, 0.25) is 0 Å². The van der Waals surface area contributed by atoms with E-state index in [1.165, 1.54) is 0 Å². The number of ether oxygens (including phenoxy) is 1. The lowest BCUT2D eigenvalue weighted by molar-refractivity contribution is -0.0950. The summed E-state index contributed by atoms with van der Waals surface area (Å²) in [6.07, 6.45) is 4.32. The molecule has 1 aromatic rings. The number of aromatic nitrogens is 1. The fraction of sp³-hybridized carbons (Fsp3) is 0.688. The van der Waals surface area contributed by atoms with Crippen LogP contribution in [0.15, 0.2) is 24.4 Å². The Morgan fingerprint density at radius 1 is 1.30 bits per heavy atom. The molecule has 0 aliphatic carbocycles. The first-order chi connectivity index (χ1) is 11.0. The van der Waals surface area contributed by atoms with Gasteiger partial charge in [0.2, 0.25) is 10.0 Å². The highest BCUT2D eigenvalue weighted by molar-refractivity contribution is 7.89. The molecule has 6 nitrogen and oxygen atoms in total. The molecule has 2 saturated heterocycles. The van der Waals surface area contributed by atoms with E-state index in [0.29, 0.717) is 32.7 Å². The largest absolute Gasteiger partial charge is 0.370 e. The maximum Gasteiger partial charge on any atom is 0.214 e. The summed E-state index contributed by atoms with van der Waals surface area (Å²) in [7, 11) is -3.17. The third kappa shape index (κ3) is 3.67. The summed E-state index contributed by atoms with van der Waals surface area (Å²) in [4.78, 5) is 6.62. The molecule has 1 spiro atoms. The Morgan fingerprint density at radius 3 is 2.91 bits per heavy atom. The van der Waals surface area contributed by atoms with E-state index in [2.05, 4.69) is 9.88 Å². The minimum Gasteiger partial charge on any atom is -0.370 e. The number of piperidine rings is 1. The van der Waals surface area contributed by atoms with Crippen molar-refractivity contribution < 1.29 is 13.2 Å². The molecule has 7 heteroatoms. The summed E-state index contributed by atoms with van der Waals surface area (Å²) in [6.45, 7) is 4.93. The van der Waals surface area contributed by atoms with Gasteiger partial charge in [0.15, 0.2) is 0 Å². The van der Waals surface area contributed by atoms with Gasteiger partial charge in [-0.2, -0.15) is 4.31 Å². The fourth-order valence-corrected chi connectivity index (χ4v) is 5.07. The van der Waals surface area contributed by atoms with Crippen LogP contribution in [-0.4, -0.2) is 61.8 Å². The minimum absolute atomic E-state index is 0.215. The molecular formula is C16H25N3O3S. The number of hydrogen-bond donors (Lipinski definition) is 0. The molecule has 1 atom stereocenters. The van der Waals surface area contributed by atoms with Gasteiger partial charge in [0.25, 0.3) is 0 Å². The number of morpholine rings is 1. The smallest absolute Gasteiger partial charge is 0.214 e. The highest BCUT2D eigenvalue weighted by Gasteiger charge is 2.43. The lowest BCUT2D eigenvalue weighted by atomic mass is 9.91. The van der Waals surface area contributed by atoms with E-state index >= 15 is 0 Å². The van der Waals surface area contributed by atoms with Crippen molar-refractivity contribution in [2.24, 2.45) is 0 Å². The topological polar surface area (TPSA) is 62.7 Å². The van der Waals surface area contributed by atoms with Gasteiger partial charge in [0.05, 0.1) is 18.0 Å². The molecule has 0 saturated carbocycles. The maximum absolute atomic E-state index is 12.4. The number of nitrogens with zero attached hydrogens (tertiary/aromatic N) is 3. The Balaban J connectivity index is 1.76. The quantitative estimate of drug-likeness (QED) is 0.832. The number of anilines is 1. The second-order valence-corrected chi connectivity index (χ2v) is 8.48. The van der Waals surface area contributed by atoms with E-state index in [-0.39, 0.29) is 5.75 Å². The Hall–Kier alpha value is -1.18. The van der Waals surface area contributed by atoms with Gasteiger partial charge < -0.3 is 9.64 Å². The number of sulfonamides is 1. The first kappa shape index (κ1) is 16.7. The molecule has 2 aliphatic rings. The van der Waals surface area contributed by atoms with Crippen molar-refractivity contribution in [3.8, 4) is 0 Å². The Bertz CT molecular complexity index is 619. The van der Waals surface area contributed by atoms with Crippen molar-refractivity contribution in [2.75, 3.05) is 43.4 Å². The molecule has 2 aliphatic heterocycles. The van der Waals surface area contributed by atoms with Gasteiger partial charge in [-0.15, -0.1) is 0 Å². The van der Waals surface area contributed by atoms with Gasteiger partial charge in [0.1, 0.15) is 5.82 Å². The van der Waals surface area contributed by atoms with Crippen LogP contribution in [0.5, 0.6) is 0 Å². The monoisotopic (exact) mass is 339 g/mol. The van der Waals surface area contributed by atoms with E-state index in [1.807, 2.05) is 25.1 Å². The Kier molecular flexibility index (Phi) is 4.89. The van der Waals surface area contributed by atoms with E-state index in [1.54, 1.807) is 10.5 Å². The molecule has 0 unspecified atom stereocenters. The second kappa shape index (κ2) is 6.75. The van der Waals surface area contributed by atoms with Crippen LogP contribution in [0.1, 0.15) is 26.2 Å². The SMILES string of the molecule is CCCS(=O)(=O)N1CCO[C@]2(CCCN(c3ccccn3)C2)C1. The molecule has 3 heterocycles. The second-order valence-electron chi connectivity index (χ2n) is 6.39. The first-order valence-electron chi connectivity index (χ1n) is 8.32. The predicted octanol–water partition coefficient (Wildman–Crippen LogP) is 1.49. The molecule has 0 radical (unpaired) electrons. The summed E-state index contributed by atoms with van der Waals surface area (Å²) in [5.41, 5.74) is -0.408. The normalized spacial score (nSPS) is 26.6. The van der Waals surface area contributed by atoms with Crippen LogP contribution >= 0.6 is 0 Å². The first-order valence-corrected chi connectivity index (χ1v) is 9.93. The average molecular weight is 339 g/mol. The van der Waals surface area contributed by atoms with Gasteiger partial charge in [-0.25, -0.2) is 13.4 Å². The molecule has 3 rings (SSSR count). The van der Waals surface area contributed by atoms with Crippen LogP contribution in [0.4, 0.5) is 5.82 Å². The van der Waals surface area contributed by atoms with Crippen molar-refractivity contribution >= 4 is 15.8 Å². The zero-order valence-corrected chi connectivity index (χ0v) is 14.5. The highest BCUT2D eigenvalue weighted by Crippen LogP contribution is 2.31. The number of rotatable bonds is 4. The Morgan fingerprint density at radius 2 is 2.17 bits per heavy atom. The molecule has 23 heavy (non-hydrogen) atoms. The van der Waals surface area contributed by atoms with Gasteiger partial charge in [-0.3, -0.25) is 0 Å². The number of pyridine rings is 1. The predicted molar refractivity (Wildman–Crippen MR) is 90.0 cm³/mol. The molecular weight excluding hydrogens is 314 g/mol. The van der Waals surface area contributed by atoms with E-state index in [0.717, 1.165) is 25.2 Å². The number of hydrogen-bond acceptors (Lipinski definition) is 5. The molecule has 1 aromatic heterocycles. The van der Waals surface area contributed by atoms with Crippen molar-refractivity contribution in [1.29, 1.82) is 0 Å². The zero-order chi connectivity index (χ0) is 16.3. The molecule has 0 bridgehead atoms. The Labute approximate surface area is 138 Å². The summed E-state index contributed by atoms with van der Waals surface area (Å²) >= 11 is 0. The van der Waals surface area contributed by atoms with E-state index in [4.69, 9.17) is 4.74 Å². The lowest BCUT2D eigenvalue weighted by Crippen LogP contribution is -2.61. The van der Waals surface area contributed by atoms with Crippen LogP contribution in [0, 0.1) is 0 Å². The summed E-state index contributed by atoms with van der Waals surface area (Å²) in [6, 6.07) is 5.87. The summed E-state index contributed by atoms with van der Waals surface area (Å²) < 4.78 is 32.5. The standard InChI is InChI=1S/C16H25N3O3S/c1-2-12-23(20,21)19-10-11-22-16(14-19)7-5-9-18(13-16)15-6-3-4-8-17-15/h3-4,6,8H,2,5,7,9-14H2,1H3/t16-/m0/s1. The van der Waals surface area contributed by atoms with E-state index < -0.39 is 15.6 Å². The van der Waals surface area contributed by atoms with E-state index in [9.17, 15) is 8.42 Å².